The van der Waals surface area contributed by atoms with E-state index in [1.54, 1.807) is 0 Å². The summed E-state index contributed by atoms with van der Waals surface area (Å²) in [5, 5.41) is 2.03. The van der Waals surface area contributed by atoms with Gasteiger partial charge in [-0.25, -0.2) is 0 Å². The van der Waals surface area contributed by atoms with Crippen molar-refractivity contribution in [1.82, 2.24) is 4.98 Å². The van der Waals surface area contributed by atoms with Crippen LogP contribution in [0.2, 0.25) is 0 Å². The first-order chi connectivity index (χ1) is 3.80. The maximum atomic E-state index is 4.01. The van der Waals surface area contributed by atoms with Crippen LogP contribution >= 0.6 is 11.3 Å². The molecule has 1 heterocycles. The predicted octanol–water partition coefficient (Wildman–Crippen LogP) is 2.06. The van der Waals surface area contributed by atoms with E-state index in [4.69, 9.17) is 0 Å². The average molecular weight is 215 g/mol. The third kappa shape index (κ3) is 2.88. The van der Waals surface area contributed by atoms with Gasteiger partial charge in [0, 0.05) is 32.7 Å². The van der Waals surface area contributed by atoms with Gasteiger partial charge in [0.2, 0.25) is 0 Å². The molecule has 0 atom stereocenters. The van der Waals surface area contributed by atoms with Crippen LogP contribution in [0.1, 0.15) is 25.5 Å². The predicted molar refractivity (Wildman–Crippen MR) is 35.0 cm³/mol. The topological polar surface area (TPSA) is 12.9 Å². The first kappa shape index (κ1) is 9.73. The van der Waals surface area contributed by atoms with Gasteiger partial charge >= 0.3 is 0 Å². The van der Waals surface area contributed by atoms with Gasteiger partial charge in [0.1, 0.15) is 0 Å². The number of thiazole rings is 1. The molecule has 0 aromatic carbocycles. The van der Waals surface area contributed by atoms with E-state index in [0.717, 1.165) is 5.69 Å². The molecule has 0 N–H and O–H groups in total. The fourth-order valence-corrected chi connectivity index (χ4v) is 1.11. The Morgan fingerprint density at radius 1 is 1.67 bits per heavy atom. The Morgan fingerprint density at radius 3 is 2.56 bits per heavy atom. The van der Waals surface area contributed by atoms with E-state index < -0.39 is 0 Å². The molecule has 0 fully saturated rings. The van der Waals surface area contributed by atoms with Crippen molar-refractivity contribution in [3.05, 3.63) is 16.6 Å². The Bertz CT molecular complexity index is 148. The molecule has 0 unspecified atom stereocenters. The average Bonchev–Trinajstić information content (AvgIpc) is 2.12. The normalized spacial score (nSPS) is 9.22. The van der Waals surface area contributed by atoms with Crippen molar-refractivity contribution < 1.29 is 32.7 Å². The van der Waals surface area contributed by atoms with Gasteiger partial charge in [-0.3, -0.25) is 11.3 Å². The van der Waals surface area contributed by atoms with Gasteiger partial charge < -0.3 is 4.98 Å². The number of rotatable bonds is 1. The van der Waals surface area contributed by atoms with Crippen LogP contribution in [-0.2, 0) is 32.7 Å². The molecule has 47 valence electrons. The van der Waals surface area contributed by atoms with Crippen molar-refractivity contribution in [2.75, 3.05) is 0 Å². The molecule has 1 nitrogen and oxygen atoms in total. The molecule has 1 radical (unpaired) electrons. The van der Waals surface area contributed by atoms with E-state index in [0.29, 0.717) is 5.92 Å². The van der Waals surface area contributed by atoms with Crippen molar-refractivity contribution in [3.63, 3.8) is 0 Å². The molecule has 1 aromatic rings. The maximum Gasteiger partial charge on any atom is 0 e. The van der Waals surface area contributed by atoms with Crippen LogP contribution < -0.4 is 0 Å². The summed E-state index contributed by atoms with van der Waals surface area (Å²) in [4.78, 5) is 4.01. The zero-order valence-electron chi connectivity index (χ0n) is 5.59. The summed E-state index contributed by atoms with van der Waals surface area (Å²) >= 11 is 1.53. The molecule has 0 bridgehead atoms. The fraction of sp³-hybridized carbons (Fsp3) is 0.500. The summed E-state index contributed by atoms with van der Waals surface area (Å²) < 4.78 is 0. The third-order valence-corrected chi connectivity index (χ3v) is 1.55. The van der Waals surface area contributed by atoms with Crippen LogP contribution in [0.5, 0.6) is 0 Å². The van der Waals surface area contributed by atoms with Crippen molar-refractivity contribution in [2.24, 2.45) is 0 Å². The molecule has 0 aliphatic rings. The summed E-state index contributed by atoms with van der Waals surface area (Å²) in [5.41, 5.74) is 3.95. The second kappa shape index (κ2) is 4.53. The van der Waals surface area contributed by atoms with Crippen LogP contribution in [0.4, 0.5) is 0 Å². The first-order valence-electron chi connectivity index (χ1n) is 2.62. The van der Waals surface area contributed by atoms with Gasteiger partial charge in [-0.05, 0) is 5.51 Å². The molecular weight excluding hydrogens is 207 g/mol. The van der Waals surface area contributed by atoms with Gasteiger partial charge in [-0.2, -0.15) is 0 Å². The van der Waals surface area contributed by atoms with Crippen LogP contribution in [-0.4, -0.2) is 4.98 Å². The molecule has 0 amide bonds. The second-order valence-corrected chi connectivity index (χ2v) is 2.67. The molecule has 3 heteroatoms. The molecule has 0 spiro atoms. The monoisotopic (exact) mass is 215 g/mol. The zero-order valence-corrected chi connectivity index (χ0v) is 9.24. The molecule has 1 rings (SSSR count). The minimum absolute atomic E-state index is 0. The first-order valence-corrected chi connectivity index (χ1v) is 3.50. The number of hydrogen-bond acceptors (Lipinski definition) is 2. The number of aromatic nitrogens is 1. The van der Waals surface area contributed by atoms with Crippen molar-refractivity contribution >= 4 is 11.3 Å². The Kier molecular flexibility index (Phi) is 4.90. The van der Waals surface area contributed by atoms with E-state index in [1.165, 1.54) is 11.3 Å². The van der Waals surface area contributed by atoms with Gasteiger partial charge in [0.05, 0.1) is 0 Å². The van der Waals surface area contributed by atoms with Gasteiger partial charge in [-0.15, -0.1) is 11.1 Å². The minimum atomic E-state index is 0. The molecular formula is C6H8NSY-. The summed E-state index contributed by atoms with van der Waals surface area (Å²) in [6.45, 7) is 4.26. The standard InChI is InChI=1S/C6H8NS.Y/c1-5(2)6-3-8-4-7-6;/h3,5H,1-2H3;/q-1;. The minimum Gasteiger partial charge on any atom is -0.391 e. The maximum absolute atomic E-state index is 4.01. The molecule has 0 aliphatic carbocycles. The molecule has 9 heavy (non-hydrogen) atoms. The smallest absolute Gasteiger partial charge is 0 e. The van der Waals surface area contributed by atoms with Crippen LogP contribution in [0, 0.1) is 5.51 Å². The van der Waals surface area contributed by atoms with Crippen molar-refractivity contribution in [2.45, 2.75) is 19.8 Å². The summed E-state index contributed by atoms with van der Waals surface area (Å²) in [6, 6.07) is 0. The third-order valence-electron chi connectivity index (χ3n) is 0.999. The Labute approximate surface area is 84.8 Å². The van der Waals surface area contributed by atoms with E-state index >= 15 is 0 Å². The Morgan fingerprint density at radius 2 is 2.33 bits per heavy atom. The van der Waals surface area contributed by atoms with Gasteiger partial charge in [-0.1, -0.05) is 19.8 Å². The molecule has 0 saturated carbocycles. The quantitative estimate of drug-likeness (QED) is 0.653. The molecule has 1 aromatic heterocycles. The van der Waals surface area contributed by atoms with Gasteiger partial charge in [0.25, 0.3) is 0 Å². The largest absolute Gasteiger partial charge is 0.391 e. The number of nitrogens with zero attached hydrogens (tertiary/aromatic N) is 1. The fourth-order valence-electron chi connectivity index (χ4n) is 0.457. The van der Waals surface area contributed by atoms with Crippen molar-refractivity contribution in [1.29, 1.82) is 0 Å². The van der Waals surface area contributed by atoms with Gasteiger partial charge in [0.15, 0.2) is 0 Å². The van der Waals surface area contributed by atoms with Crippen LogP contribution in [0.3, 0.4) is 0 Å². The van der Waals surface area contributed by atoms with E-state index in [-0.39, 0.29) is 32.7 Å². The number of hydrogen-bond donors (Lipinski definition) is 0. The van der Waals surface area contributed by atoms with E-state index in [1.807, 2.05) is 5.38 Å². The molecule has 0 aliphatic heterocycles. The summed E-state index contributed by atoms with van der Waals surface area (Å²) in [7, 11) is 0. The summed E-state index contributed by atoms with van der Waals surface area (Å²) in [6.07, 6.45) is 0. The SMILES string of the molecule is CC(C)c1cs[c-]n1.[Y]. The van der Waals surface area contributed by atoms with E-state index in [2.05, 4.69) is 24.3 Å². The van der Waals surface area contributed by atoms with E-state index in [9.17, 15) is 0 Å². The second-order valence-electron chi connectivity index (χ2n) is 2.02. The molecule has 0 saturated heterocycles. The summed E-state index contributed by atoms with van der Waals surface area (Å²) in [5.74, 6) is 0.553. The Hall–Kier alpha value is 0.734. The van der Waals surface area contributed by atoms with Crippen molar-refractivity contribution in [3.8, 4) is 0 Å². The van der Waals surface area contributed by atoms with Crippen LogP contribution in [0.25, 0.3) is 0 Å². The Balaban J connectivity index is 0.000000640. The zero-order chi connectivity index (χ0) is 5.98. The van der Waals surface area contributed by atoms with Crippen LogP contribution in [0.15, 0.2) is 5.38 Å².